The Labute approximate surface area is 123 Å². The fraction of sp³-hybridized carbons (Fsp3) is 0.600. The van der Waals surface area contributed by atoms with E-state index >= 15 is 0 Å². The number of nitrogens with two attached hydrogens (primary N) is 2. The van der Waals surface area contributed by atoms with E-state index in [1.807, 2.05) is 0 Å². The van der Waals surface area contributed by atoms with Gasteiger partial charge in [0.1, 0.15) is 0 Å². The number of carboxylic acid groups (broad SMARTS) is 2. The number of hydrogen-bond acceptors (Lipinski definition) is 8. The maximum absolute atomic E-state index is 11.2. The van der Waals surface area contributed by atoms with Gasteiger partial charge in [0.2, 0.25) is 0 Å². The number of ketones is 2. The summed E-state index contributed by atoms with van der Waals surface area (Å²) in [6.07, 6.45) is 0. The van der Waals surface area contributed by atoms with E-state index in [1.54, 1.807) is 0 Å². The molecule has 20 heavy (non-hydrogen) atoms. The lowest BCUT2D eigenvalue weighted by Crippen LogP contribution is -2.57. The van der Waals surface area contributed by atoms with Gasteiger partial charge in [-0.3, -0.25) is 9.59 Å². The number of aliphatic carboxylic acids is 2. The van der Waals surface area contributed by atoms with Crippen LogP contribution in [-0.2, 0) is 19.2 Å². The number of carbonyl (C=O) groups excluding carboxylic acids is 2. The molecule has 2 unspecified atom stereocenters. The lowest BCUT2D eigenvalue weighted by Gasteiger charge is -2.23. The van der Waals surface area contributed by atoms with E-state index in [2.05, 4.69) is 0 Å². The Hall–Kier alpha value is -1.10. The highest BCUT2D eigenvalue weighted by molar-refractivity contribution is 8.76. The largest absolute Gasteiger partial charge is 0.480 e. The Kier molecular flexibility index (Phi) is 6.68. The van der Waals surface area contributed by atoms with Gasteiger partial charge in [-0.2, -0.15) is 0 Å². The van der Waals surface area contributed by atoms with Crippen molar-refractivity contribution in [2.24, 2.45) is 11.5 Å². The van der Waals surface area contributed by atoms with Crippen LogP contribution < -0.4 is 11.5 Å². The summed E-state index contributed by atoms with van der Waals surface area (Å²) < 4.78 is 0. The molecule has 0 aliphatic rings. The van der Waals surface area contributed by atoms with E-state index in [0.29, 0.717) is 0 Å². The van der Waals surface area contributed by atoms with E-state index in [9.17, 15) is 19.2 Å². The second kappa shape index (κ2) is 7.07. The highest BCUT2D eigenvalue weighted by atomic mass is 33.1. The first-order valence-corrected chi connectivity index (χ1v) is 7.78. The maximum Gasteiger partial charge on any atom is 0.332 e. The Morgan fingerprint density at radius 1 is 0.850 bits per heavy atom. The molecule has 0 radical (unpaired) electrons. The van der Waals surface area contributed by atoms with Gasteiger partial charge in [-0.05, 0) is 13.8 Å². The van der Waals surface area contributed by atoms with Crippen LogP contribution in [0.2, 0.25) is 0 Å². The lowest BCUT2D eigenvalue weighted by atomic mass is 9.99. The fourth-order valence-corrected chi connectivity index (χ4v) is 3.70. The van der Waals surface area contributed by atoms with Gasteiger partial charge in [0.05, 0.1) is 0 Å². The molecule has 0 spiro atoms. The summed E-state index contributed by atoms with van der Waals surface area (Å²) in [5.41, 5.74) is 6.82. The summed E-state index contributed by atoms with van der Waals surface area (Å²) in [6, 6.07) is 0. The molecule has 0 bridgehead atoms. The first kappa shape index (κ1) is 18.9. The quantitative estimate of drug-likeness (QED) is 0.238. The van der Waals surface area contributed by atoms with Gasteiger partial charge in [-0.25, -0.2) is 9.59 Å². The van der Waals surface area contributed by atoms with E-state index < -0.39 is 34.6 Å². The zero-order valence-corrected chi connectivity index (χ0v) is 12.5. The van der Waals surface area contributed by atoms with Crippen molar-refractivity contribution in [3.8, 4) is 0 Å². The van der Waals surface area contributed by atoms with Crippen molar-refractivity contribution >= 4 is 45.1 Å². The third-order valence-electron chi connectivity index (χ3n) is 2.68. The molecular weight excluding hydrogens is 308 g/mol. The Balaban J connectivity index is 4.60. The number of carbonyl (C=O) groups is 4. The normalized spacial score (nSPS) is 16.8. The summed E-state index contributed by atoms with van der Waals surface area (Å²) in [5, 5.41) is 17.8. The molecule has 0 aliphatic carbocycles. The molecule has 10 heteroatoms. The van der Waals surface area contributed by atoms with E-state index in [-0.39, 0.29) is 11.5 Å². The van der Waals surface area contributed by atoms with Crippen LogP contribution in [0.1, 0.15) is 13.8 Å². The SMILES string of the molecule is CC(=O)C(N)(CSSCC(N)(C(C)=O)C(=O)O)C(=O)O. The van der Waals surface area contributed by atoms with Crippen LogP contribution in [0.3, 0.4) is 0 Å². The second-order valence-corrected chi connectivity index (χ2v) is 6.65. The standard InChI is InChI=1S/C10H16N2O6S2/c1-5(13)9(11,7(15)16)3-19-20-4-10(12,6(2)14)8(17)18/h3-4,11-12H2,1-2H3,(H,15,16)(H,17,18). The van der Waals surface area contributed by atoms with Crippen LogP contribution >= 0.6 is 21.6 Å². The van der Waals surface area contributed by atoms with E-state index in [1.165, 1.54) is 0 Å². The van der Waals surface area contributed by atoms with Crippen molar-refractivity contribution in [2.45, 2.75) is 24.9 Å². The molecule has 0 amide bonds. The first-order valence-electron chi connectivity index (χ1n) is 5.29. The van der Waals surface area contributed by atoms with Crippen LogP contribution in [0.15, 0.2) is 0 Å². The number of rotatable bonds is 9. The first-order chi connectivity index (χ1) is 8.98. The van der Waals surface area contributed by atoms with Gasteiger partial charge >= 0.3 is 11.9 Å². The highest BCUT2D eigenvalue weighted by Gasteiger charge is 2.41. The average Bonchev–Trinajstić information content (AvgIpc) is 2.32. The van der Waals surface area contributed by atoms with Crippen LogP contribution in [0.25, 0.3) is 0 Å². The van der Waals surface area contributed by atoms with E-state index in [4.69, 9.17) is 21.7 Å². The van der Waals surface area contributed by atoms with Crippen LogP contribution in [-0.4, -0.2) is 56.3 Å². The van der Waals surface area contributed by atoms with Crippen molar-refractivity contribution < 1.29 is 29.4 Å². The molecule has 0 saturated heterocycles. The molecule has 0 saturated carbocycles. The molecular formula is C10H16N2O6S2. The van der Waals surface area contributed by atoms with Crippen molar-refractivity contribution in [1.29, 1.82) is 0 Å². The molecule has 0 aromatic rings. The van der Waals surface area contributed by atoms with Gasteiger partial charge in [-0.1, -0.05) is 21.6 Å². The Morgan fingerprint density at radius 3 is 1.25 bits per heavy atom. The highest BCUT2D eigenvalue weighted by Crippen LogP contribution is 2.28. The summed E-state index contributed by atoms with van der Waals surface area (Å²) in [4.78, 5) is 44.3. The average molecular weight is 324 g/mol. The Morgan fingerprint density at radius 2 is 1.10 bits per heavy atom. The predicted molar refractivity (Wildman–Crippen MR) is 75.4 cm³/mol. The van der Waals surface area contributed by atoms with Crippen LogP contribution in [0, 0.1) is 0 Å². The summed E-state index contributed by atoms with van der Waals surface area (Å²) in [5.74, 6) is -4.92. The number of Topliss-reactive ketones (excluding diaryl/α,β-unsaturated/α-hetero) is 2. The predicted octanol–water partition coefficient (Wildman–Crippen LogP) is -0.890. The summed E-state index contributed by atoms with van der Waals surface area (Å²) >= 11 is 0. The molecule has 0 rings (SSSR count). The molecule has 114 valence electrons. The number of hydrogen-bond donors (Lipinski definition) is 4. The Bertz CT molecular complexity index is 371. The monoisotopic (exact) mass is 324 g/mol. The summed E-state index contributed by atoms with van der Waals surface area (Å²) in [7, 11) is 1.75. The molecule has 0 fully saturated rings. The van der Waals surface area contributed by atoms with Crippen molar-refractivity contribution in [1.82, 2.24) is 0 Å². The van der Waals surface area contributed by atoms with Crippen molar-refractivity contribution in [3.05, 3.63) is 0 Å². The van der Waals surface area contributed by atoms with E-state index in [0.717, 1.165) is 35.4 Å². The van der Waals surface area contributed by atoms with Crippen LogP contribution in [0.4, 0.5) is 0 Å². The summed E-state index contributed by atoms with van der Waals surface area (Å²) in [6.45, 7) is 2.11. The molecule has 6 N–H and O–H groups in total. The minimum Gasteiger partial charge on any atom is -0.480 e. The molecule has 0 heterocycles. The van der Waals surface area contributed by atoms with Gasteiger partial charge in [0, 0.05) is 11.5 Å². The molecule has 2 atom stereocenters. The van der Waals surface area contributed by atoms with Crippen molar-refractivity contribution in [2.75, 3.05) is 11.5 Å². The van der Waals surface area contributed by atoms with Gasteiger partial charge in [-0.15, -0.1) is 0 Å². The van der Waals surface area contributed by atoms with Gasteiger partial charge in [0.15, 0.2) is 22.6 Å². The third-order valence-corrected chi connectivity index (χ3v) is 5.20. The fourth-order valence-electron chi connectivity index (χ4n) is 0.897. The maximum atomic E-state index is 11.2. The zero-order valence-electron chi connectivity index (χ0n) is 10.9. The smallest absolute Gasteiger partial charge is 0.332 e. The van der Waals surface area contributed by atoms with Crippen molar-refractivity contribution in [3.63, 3.8) is 0 Å². The molecule has 8 nitrogen and oxygen atoms in total. The molecule has 0 aliphatic heterocycles. The van der Waals surface area contributed by atoms with Gasteiger partial charge < -0.3 is 21.7 Å². The van der Waals surface area contributed by atoms with Crippen LogP contribution in [0.5, 0.6) is 0 Å². The molecule has 0 aromatic heterocycles. The molecule has 0 aromatic carbocycles. The number of carboxylic acids is 2. The minimum absolute atomic E-state index is 0.268. The lowest BCUT2D eigenvalue weighted by molar-refractivity contribution is -0.148. The minimum atomic E-state index is -2.05. The second-order valence-electron chi connectivity index (χ2n) is 4.19. The zero-order chi connectivity index (χ0) is 16.1. The topological polar surface area (TPSA) is 161 Å². The van der Waals surface area contributed by atoms with Gasteiger partial charge in [0.25, 0.3) is 0 Å². The third kappa shape index (κ3) is 4.20.